The predicted octanol–water partition coefficient (Wildman–Crippen LogP) is 3.36. The van der Waals surface area contributed by atoms with Crippen molar-refractivity contribution < 1.29 is 4.74 Å². The second kappa shape index (κ2) is 4.21. The average molecular weight is 241 g/mol. The summed E-state index contributed by atoms with van der Waals surface area (Å²) in [5, 5.41) is 0.453. The van der Waals surface area contributed by atoms with Crippen molar-refractivity contribution in [2.45, 2.75) is 51.6 Å². The minimum Gasteiger partial charge on any atom is -0.474 e. The van der Waals surface area contributed by atoms with Gasteiger partial charge in [-0.2, -0.15) is 4.98 Å². The predicted molar refractivity (Wildman–Crippen MR) is 64.0 cm³/mol. The zero-order valence-corrected chi connectivity index (χ0v) is 10.7. The molecule has 1 heterocycles. The molecule has 0 N–H and O–H groups in total. The van der Waals surface area contributed by atoms with Crippen LogP contribution in [0.2, 0.25) is 5.15 Å². The summed E-state index contributed by atoms with van der Waals surface area (Å²) in [6, 6.07) is 1.69. The molecular weight excluding hydrogens is 224 g/mol. The molecule has 0 atom stereocenters. The molecule has 2 rings (SSSR count). The van der Waals surface area contributed by atoms with Crippen molar-refractivity contribution in [3.05, 3.63) is 17.0 Å². The molecule has 1 fully saturated rings. The molecule has 1 aromatic heterocycles. The number of nitrogens with zero attached hydrogens (tertiary/aromatic N) is 2. The minimum atomic E-state index is -0.109. The highest BCUT2D eigenvalue weighted by molar-refractivity contribution is 6.29. The summed E-state index contributed by atoms with van der Waals surface area (Å²) in [5.74, 6) is 1.34. The molecule has 0 spiro atoms. The van der Waals surface area contributed by atoms with Crippen LogP contribution in [0.4, 0.5) is 0 Å². The maximum atomic E-state index is 5.97. The molecule has 1 aliphatic rings. The van der Waals surface area contributed by atoms with Crippen molar-refractivity contribution in [3.8, 4) is 5.88 Å². The fraction of sp³-hybridized carbons (Fsp3) is 0.667. The van der Waals surface area contributed by atoms with Gasteiger partial charge in [0.2, 0.25) is 5.88 Å². The third kappa shape index (κ3) is 2.64. The Bertz CT molecular complexity index is 383. The summed E-state index contributed by atoms with van der Waals surface area (Å²) in [4.78, 5) is 8.64. The summed E-state index contributed by atoms with van der Waals surface area (Å²) in [6.45, 7) is 6.18. The quantitative estimate of drug-likeness (QED) is 0.744. The standard InChI is InChI=1S/C12H17ClN2O/c1-12(2,3)11-14-9(13)7-10(15-11)16-8-5-4-6-8/h7-8H,4-6H2,1-3H3. The number of rotatable bonds is 2. The summed E-state index contributed by atoms with van der Waals surface area (Å²) < 4.78 is 5.73. The zero-order chi connectivity index (χ0) is 11.8. The van der Waals surface area contributed by atoms with Crippen LogP contribution in [0.1, 0.15) is 45.9 Å². The molecule has 0 bridgehead atoms. The molecule has 0 unspecified atom stereocenters. The molecule has 1 aromatic rings. The van der Waals surface area contributed by atoms with E-state index in [1.807, 2.05) is 0 Å². The molecule has 0 saturated heterocycles. The molecule has 88 valence electrons. The molecule has 0 aromatic carbocycles. The fourth-order valence-corrected chi connectivity index (χ4v) is 1.63. The number of ether oxygens (including phenoxy) is 1. The Morgan fingerprint density at radius 1 is 1.31 bits per heavy atom. The van der Waals surface area contributed by atoms with E-state index in [0.717, 1.165) is 18.7 Å². The van der Waals surface area contributed by atoms with Gasteiger partial charge in [0.1, 0.15) is 17.1 Å². The van der Waals surface area contributed by atoms with Crippen LogP contribution in [0.5, 0.6) is 5.88 Å². The molecule has 16 heavy (non-hydrogen) atoms. The first-order chi connectivity index (χ1) is 7.45. The van der Waals surface area contributed by atoms with Crippen LogP contribution in [-0.2, 0) is 5.41 Å². The molecular formula is C12H17ClN2O. The summed E-state index contributed by atoms with van der Waals surface area (Å²) in [7, 11) is 0. The Kier molecular flexibility index (Phi) is 3.06. The van der Waals surface area contributed by atoms with Crippen molar-refractivity contribution in [1.29, 1.82) is 0 Å². The highest BCUT2D eigenvalue weighted by atomic mass is 35.5. The Morgan fingerprint density at radius 2 is 2.00 bits per heavy atom. The lowest BCUT2D eigenvalue weighted by Crippen LogP contribution is -2.26. The molecule has 0 aliphatic heterocycles. The third-order valence-electron chi connectivity index (χ3n) is 2.68. The van der Waals surface area contributed by atoms with Crippen LogP contribution in [0.15, 0.2) is 6.07 Å². The summed E-state index contributed by atoms with van der Waals surface area (Å²) in [5.41, 5.74) is -0.109. The topological polar surface area (TPSA) is 35.0 Å². The van der Waals surface area contributed by atoms with Crippen LogP contribution in [0.3, 0.4) is 0 Å². The molecule has 1 saturated carbocycles. The maximum absolute atomic E-state index is 5.97. The number of aromatic nitrogens is 2. The van der Waals surface area contributed by atoms with Gasteiger partial charge in [0.15, 0.2) is 0 Å². The van der Waals surface area contributed by atoms with Crippen LogP contribution < -0.4 is 4.74 Å². The van der Waals surface area contributed by atoms with Gasteiger partial charge in [0, 0.05) is 11.5 Å². The van der Waals surface area contributed by atoms with Crippen molar-refractivity contribution in [2.24, 2.45) is 0 Å². The minimum absolute atomic E-state index is 0.109. The maximum Gasteiger partial charge on any atom is 0.218 e. The van der Waals surface area contributed by atoms with Crippen molar-refractivity contribution in [3.63, 3.8) is 0 Å². The lowest BCUT2D eigenvalue weighted by molar-refractivity contribution is 0.114. The lowest BCUT2D eigenvalue weighted by Gasteiger charge is -2.26. The van der Waals surface area contributed by atoms with Gasteiger partial charge >= 0.3 is 0 Å². The van der Waals surface area contributed by atoms with E-state index in [1.54, 1.807) is 6.07 Å². The van der Waals surface area contributed by atoms with E-state index in [1.165, 1.54) is 6.42 Å². The van der Waals surface area contributed by atoms with E-state index in [2.05, 4.69) is 30.7 Å². The van der Waals surface area contributed by atoms with Gasteiger partial charge in [-0.1, -0.05) is 32.4 Å². The summed E-state index contributed by atoms with van der Waals surface area (Å²) in [6.07, 6.45) is 3.80. The number of hydrogen-bond donors (Lipinski definition) is 0. The van der Waals surface area contributed by atoms with Crippen molar-refractivity contribution in [1.82, 2.24) is 9.97 Å². The average Bonchev–Trinajstić information content (AvgIpc) is 2.09. The molecule has 0 radical (unpaired) electrons. The molecule has 0 amide bonds. The highest BCUT2D eigenvalue weighted by Crippen LogP contribution is 2.27. The Balaban J connectivity index is 2.21. The lowest BCUT2D eigenvalue weighted by atomic mass is 9.95. The van der Waals surface area contributed by atoms with E-state index in [-0.39, 0.29) is 5.41 Å². The normalized spacial score (nSPS) is 17.0. The van der Waals surface area contributed by atoms with Gasteiger partial charge < -0.3 is 4.74 Å². The molecule has 1 aliphatic carbocycles. The van der Waals surface area contributed by atoms with Gasteiger partial charge in [-0.3, -0.25) is 0 Å². The number of halogens is 1. The molecule has 4 heteroatoms. The SMILES string of the molecule is CC(C)(C)c1nc(Cl)cc(OC2CCC2)n1. The van der Waals surface area contributed by atoms with E-state index in [0.29, 0.717) is 17.1 Å². The fourth-order valence-electron chi connectivity index (χ4n) is 1.45. The van der Waals surface area contributed by atoms with Crippen LogP contribution in [-0.4, -0.2) is 16.1 Å². The van der Waals surface area contributed by atoms with Crippen LogP contribution in [0, 0.1) is 0 Å². The second-order valence-corrected chi connectivity index (χ2v) is 5.66. The van der Waals surface area contributed by atoms with Gasteiger partial charge in [-0.15, -0.1) is 0 Å². The largest absolute Gasteiger partial charge is 0.474 e. The van der Waals surface area contributed by atoms with Crippen molar-refractivity contribution >= 4 is 11.6 Å². The first-order valence-electron chi connectivity index (χ1n) is 5.67. The Labute approximate surface area is 101 Å². The Hall–Kier alpha value is -0.830. The van der Waals surface area contributed by atoms with Gasteiger partial charge in [-0.25, -0.2) is 4.98 Å². The van der Waals surface area contributed by atoms with Gasteiger partial charge in [-0.05, 0) is 19.3 Å². The monoisotopic (exact) mass is 240 g/mol. The third-order valence-corrected chi connectivity index (χ3v) is 2.88. The van der Waals surface area contributed by atoms with E-state index in [9.17, 15) is 0 Å². The van der Waals surface area contributed by atoms with E-state index < -0.39 is 0 Å². The van der Waals surface area contributed by atoms with Gasteiger partial charge in [0.05, 0.1) is 0 Å². The zero-order valence-electron chi connectivity index (χ0n) is 9.96. The smallest absolute Gasteiger partial charge is 0.218 e. The summed E-state index contributed by atoms with van der Waals surface area (Å²) >= 11 is 5.97. The Morgan fingerprint density at radius 3 is 2.50 bits per heavy atom. The first kappa shape index (κ1) is 11.6. The van der Waals surface area contributed by atoms with Gasteiger partial charge in [0.25, 0.3) is 0 Å². The molecule has 3 nitrogen and oxygen atoms in total. The van der Waals surface area contributed by atoms with Crippen LogP contribution >= 0.6 is 11.6 Å². The van der Waals surface area contributed by atoms with Crippen LogP contribution in [0.25, 0.3) is 0 Å². The van der Waals surface area contributed by atoms with Crippen molar-refractivity contribution in [2.75, 3.05) is 0 Å². The van der Waals surface area contributed by atoms with E-state index in [4.69, 9.17) is 16.3 Å². The van der Waals surface area contributed by atoms with E-state index >= 15 is 0 Å². The number of hydrogen-bond acceptors (Lipinski definition) is 3. The second-order valence-electron chi connectivity index (χ2n) is 5.27. The first-order valence-corrected chi connectivity index (χ1v) is 6.05. The highest BCUT2D eigenvalue weighted by Gasteiger charge is 2.23.